The third-order valence-electron chi connectivity index (χ3n) is 3.50. The standard InChI is InChI=1S/C11H12O3.C4H9NO/c12-11(13)6-14-9-3-1-2-8(10(9)11)7-4-5-7;1-3-4(6)5-2/h1-3,7,12-13H,4-6H2;3H2,1-2H3,(H,5,6). The average molecular weight is 279 g/mol. The van der Waals surface area contributed by atoms with Gasteiger partial charge < -0.3 is 20.3 Å². The van der Waals surface area contributed by atoms with Gasteiger partial charge in [-0.15, -0.1) is 0 Å². The summed E-state index contributed by atoms with van der Waals surface area (Å²) in [6.45, 7) is 1.77. The molecule has 0 atom stereocenters. The monoisotopic (exact) mass is 279 g/mol. The number of carbonyl (C=O) groups excluding carboxylic acids is 1. The van der Waals surface area contributed by atoms with Crippen LogP contribution in [0.25, 0.3) is 0 Å². The molecule has 5 nitrogen and oxygen atoms in total. The summed E-state index contributed by atoms with van der Waals surface area (Å²) < 4.78 is 5.23. The first-order valence-electron chi connectivity index (χ1n) is 6.91. The second kappa shape index (κ2) is 5.81. The van der Waals surface area contributed by atoms with Crippen molar-refractivity contribution in [2.24, 2.45) is 0 Å². The molecule has 3 rings (SSSR count). The largest absolute Gasteiger partial charge is 0.487 e. The van der Waals surface area contributed by atoms with Gasteiger partial charge in [0, 0.05) is 13.5 Å². The number of fused-ring (bicyclic) bond motifs is 1. The van der Waals surface area contributed by atoms with Gasteiger partial charge in [0.15, 0.2) is 0 Å². The predicted octanol–water partition coefficient (Wildman–Crippen LogP) is 1.24. The van der Waals surface area contributed by atoms with Crippen molar-refractivity contribution in [3.63, 3.8) is 0 Å². The van der Waals surface area contributed by atoms with E-state index in [1.54, 1.807) is 13.1 Å². The molecule has 0 spiro atoms. The molecule has 1 aliphatic carbocycles. The molecule has 5 heteroatoms. The van der Waals surface area contributed by atoms with Crippen LogP contribution in [0.15, 0.2) is 18.2 Å². The molecule has 1 saturated carbocycles. The molecule has 110 valence electrons. The lowest BCUT2D eigenvalue weighted by molar-refractivity contribution is -0.174. The Balaban J connectivity index is 0.000000212. The van der Waals surface area contributed by atoms with Crippen LogP contribution in [0.2, 0.25) is 0 Å². The molecule has 0 aromatic heterocycles. The Morgan fingerprint density at radius 2 is 2.15 bits per heavy atom. The fourth-order valence-corrected chi connectivity index (χ4v) is 2.26. The Bertz CT molecular complexity index is 489. The molecule has 0 saturated heterocycles. The number of carbonyl (C=O) groups is 1. The van der Waals surface area contributed by atoms with E-state index in [-0.39, 0.29) is 12.5 Å². The normalized spacial score (nSPS) is 18.4. The van der Waals surface area contributed by atoms with E-state index in [0.29, 0.717) is 23.7 Å². The minimum absolute atomic E-state index is 0.0495. The van der Waals surface area contributed by atoms with Crippen LogP contribution in [0.3, 0.4) is 0 Å². The van der Waals surface area contributed by atoms with E-state index in [0.717, 1.165) is 18.4 Å². The number of amides is 1. The van der Waals surface area contributed by atoms with E-state index in [1.165, 1.54) is 0 Å². The molecular weight excluding hydrogens is 258 g/mol. The summed E-state index contributed by atoms with van der Waals surface area (Å²) in [5, 5.41) is 21.9. The first-order valence-corrected chi connectivity index (χ1v) is 6.91. The minimum atomic E-state index is -1.78. The van der Waals surface area contributed by atoms with Crippen LogP contribution >= 0.6 is 0 Å². The third kappa shape index (κ3) is 3.11. The van der Waals surface area contributed by atoms with Gasteiger partial charge in [0.1, 0.15) is 12.4 Å². The molecule has 1 fully saturated rings. The molecule has 3 N–H and O–H groups in total. The Kier molecular flexibility index (Phi) is 4.30. The number of ether oxygens (including phenoxy) is 1. The van der Waals surface area contributed by atoms with Crippen molar-refractivity contribution in [1.29, 1.82) is 0 Å². The first-order chi connectivity index (χ1) is 9.49. The van der Waals surface area contributed by atoms with Crippen molar-refractivity contribution in [2.45, 2.75) is 37.9 Å². The van der Waals surface area contributed by atoms with Gasteiger partial charge in [0.25, 0.3) is 0 Å². The highest BCUT2D eigenvalue weighted by atomic mass is 16.6. The van der Waals surface area contributed by atoms with E-state index in [9.17, 15) is 15.0 Å². The molecule has 1 heterocycles. The average Bonchev–Trinajstić information content (AvgIpc) is 3.24. The van der Waals surface area contributed by atoms with E-state index in [4.69, 9.17) is 4.74 Å². The zero-order chi connectivity index (χ0) is 14.8. The topological polar surface area (TPSA) is 78.8 Å². The van der Waals surface area contributed by atoms with Crippen LogP contribution in [0.4, 0.5) is 0 Å². The number of aliphatic hydroxyl groups is 2. The Morgan fingerprint density at radius 3 is 2.65 bits per heavy atom. The van der Waals surface area contributed by atoms with Crippen LogP contribution in [0, 0.1) is 0 Å². The lowest BCUT2D eigenvalue weighted by atomic mass is 9.97. The van der Waals surface area contributed by atoms with E-state index >= 15 is 0 Å². The van der Waals surface area contributed by atoms with Gasteiger partial charge >= 0.3 is 0 Å². The van der Waals surface area contributed by atoms with Gasteiger partial charge in [-0.05, 0) is 30.4 Å². The highest BCUT2D eigenvalue weighted by molar-refractivity contribution is 5.74. The van der Waals surface area contributed by atoms with Crippen LogP contribution in [-0.2, 0) is 10.6 Å². The van der Waals surface area contributed by atoms with Crippen LogP contribution in [0.1, 0.15) is 43.2 Å². The molecule has 20 heavy (non-hydrogen) atoms. The van der Waals surface area contributed by atoms with Crippen molar-refractivity contribution in [1.82, 2.24) is 5.32 Å². The molecule has 1 aromatic rings. The molecular formula is C15H21NO4. The quantitative estimate of drug-likeness (QED) is 0.712. The molecule has 0 unspecified atom stereocenters. The number of hydrogen-bond acceptors (Lipinski definition) is 4. The zero-order valence-corrected chi connectivity index (χ0v) is 11.8. The van der Waals surface area contributed by atoms with Crippen molar-refractivity contribution < 1.29 is 19.7 Å². The smallest absolute Gasteiger partial charge is 0.229 e. The number of hydrogen-bond donors (Lipinski definition) is 3. The number of rotatable bonds is 2. The first kappa shape index (κ1) is 14.8. The van der Waals surface area contributed by atoms with Crippen LogP contribution in [0.5, 0.6) is 5.75 Å². The van der Waals surface area contributed by atoms with Gasteiger partial charge in [-0.25, -0.2) is 0 Å². The van der Waals surface area contributed by atoms with Gasteiger partial charge in [-0.2, -0.15) is 0 Å². The highest BCUT2D eigenvalue weighted by Gasteiger charge is 2.41. The van der Waals surface area contributed by atoms with Gasteiger partial charge in [-0.1, -0.05) is 19.1 Å². The van der Waals surface area contributed by atoms with Crippen molar-refractivity contribution in [3.05, 3.63) is 29.3 Å². The highest BCUT2D eigenvalue weighted by Crippen LogP contribution is 2.48. The Hall–Kier alpha value is -1.59. The van der Waals surface area contributed by atoms with Crippen molar-refractivity contribution in [2.75, 3.05) is 13.7 Å². The van der Waals surface area contributed by atoms with Crippen molar-refractivity contribution >= 4 is 5.91 Å². The van der Waals surface area contributed by atoms with E-state index in [1.807, 2.05) is 19.1 Å². The molecule has 2 aliphatic rings. The van der Waals surface area contributed by atoms with E-state index < -0.39 is 5.79 Å². The summed E-state index contributed by atoms with van der Waals surface area (Å²) in [6.07, 6.45) is 2.87. The Labute approximate surface area is 118 Å². The van der Waals surface area contributed by atoms with Gasteiger partial charge in [0.2, 0.25) is 11.7 Å². The van der Waals surface area contributed by atoms with E-state index in [2.05, 4.69) is 5.32 Å². The molecule has 0 radical (unpaired) electrons. The maximum Gasteiger partial charge on any atom is 0.229 e. The summed E-state index contributed by atoms with van der Waals surface area (Å²) in [4.78, 5) is 10.1. The maximum atomic E-state index is 10.1. The predicted molar refractivity (Wildman–Crippen MR) is 74.4 cm³/mol. The van der Waals surface area contributed by atoms with Gasteiger partial charge in [0.05, 0.1) is 5.56 Å². The SMILES string of the molecule is CCC(=O)NC.OC1(O)COc2cccc(C3CC3)c21. The van der Waals surface area contributed by atoms with Crippen molar-refractivity contribution in [3.8, 4) is 5.75 Å². The summed E-state index contributed by atoms with van der Waals surface area (Å²) in [7, 11) is 1.63. The number of nitrogens with one attached hydrogen (secondary N) is 1. The number of benzene rings is 1. The lowest BCUT2D eigenvalue weighted by Crippen LogP contribution is -2.27. The second-order valence-corrected chi connectivity index (χ2v) is 5.13. The maximum absolute atomic E-state index is 10.1. The van der Waals surface area contributed by atoms with Crippen LogP contribution in [-0.4, -0.2) is 29.8 Å². The lowest BCUT2D eigenvalue weighted by Gasteiger charge is -2.16. The fraction of sp³-hybridized carbons (Fsp3) is 0.533. The third-order valence-corrected chi connectivity index (χ3v) is 3.50. The summed E-state index contributed by atoms with van der Waals surface area (Å²) >= 11 is 0. The Morgan fingerprint density at radius 1 is 1.45 bits per heavy atom. The second-order valence-electron chi connectivity index (χ2n) is 5.13. The zero-order valence-electron chi connectivity index (χ0n) is 11.8. The minimum Gasteiger partial charge on any atom is -0.487 e. The van der Waals surface area contributed by atoms with Crippen LogP contribution < -0.4 is 10.1 Å². The van der Waals surface area contributed by atoms with Gasteiger partial charge in [-0.3, -0.25) is 4.79 Å². The molecule has 1 aromatic carbocycles. The fourth-order valence-electron chi connectivity index (χ4n) is 2.26. The summed E-state index contributed by atoms with van der Waals surface area (Å²) in [5.74, 6) is -0.561. The molecule has 0 bridgehead atoms. The molecule has 1 aliphatic heterocycles. The summed E-state index contributed by atoms with van der Waals surface area (Å²) in [6, 6.07) is 5.66. The summed E-state index contributed by atoms with van der Waals surface area (Å²) in [5.41, 5.74) is 1.63. The molecule has 1 amide bonds.